The van der Waals surface area contributed by atoms with Crippen LogP contribution in [-0.2, 0) is 0 Å². The number of imidazole rings is 1. The number of allylic oxidation sites excluding steroid dienone is 3. The minimum absolute atomic E-state index is 0.443. The molecule has 0 spiro atoms. The predicted octanol–water partition coefficient (Wildman–Crippen LogP) is 3.78. The average Bonchev–Trinajstić information content (AvgIpc) is 3.19. The van der Waals surface area contributed by atoms with Crippen molar-refractivity contribution in [3.8, 4) is 11.8 Å². The van der Waals surface area contributed by atoms with E-state index in [1.807, 2.05) is 24.3 Å². The zero-order valence-corrected chi connectivity index (χ0v) is 11.9. The smallest absolute Gasteiger partial charge is 0.149 e. The van der Waals surface area contributed by atoms with Gasteiger partial charge in [-0.2, -0.15) is 5.26 Å². The second-order valence-corrected chi connectivity index (χ2v) is 4.54. The van der Waals surface area contributed by atoms with Crippen molar-refractivity contribution in [2.75, 3.05) is 7.11 Å². The van der Waals surface area contributed by atoms with Crippen LogP contribution in [0.2, 0.25) is 0 Å². The molecule has 0 radical (unpaired) electrons. The van der Waals surface area contributed by atoms with Crippen LogP contribution >= 0.6 is 0 Å². The van der Waals surface area contributed by atoms with Crippen LogP contribution in [0.15, 0.2) is 53.2 Å². The number of hydrogen-bond acceptors (Lipinski definition) is 4. The Labute approximate surface area is 127 Å². The third kappa shape index (κ3) is 2.76. The summed E-state index contributed by atoms with van der Waals surface area (Å²) in [5.41, 5.74) is 2.05. The lowest BCUT2D eigenvalue weighted by molar-refractivity contribution is 0.415. The van der Waals surface area contributed by atoms with Crippen molar-refractivity contribution in [1.29, 1.82) is 5.26 Å². The van der Waals surface area contributed by atoms with Gasteiger partial charge in [-0.05, 0) is 36.4 Å². The molecule has 0 saturated heterocycles. The number of nitrogens with one attached hydrogen (secondary N) is 1. The first-order valence-electron chi connectivity index (χ1n) is 6.66. The molecule has 2 heterocycles. The van der Waals surface area contributed by atoms with Crippen molar-refractivity contribution in [2.24, 2.45) is 0 Å². The summed E-state index contributed by atoms with van der Waals surface area (Å²) in [6, 6.07) is 11.3. The third-order valence-electron chi connectivity index (χ3n) is 3.13. The molecule has 108 valence electrons. The highest BCUT2D eigenvalue weighted by molar-refractivity contribution is 5.83. The summed E-state index contributed by atoms with van der Waals surface area (Å²) in [7, 11) is 1.61. The van der Waals surface area contributed by atoms with E-state index < -0.39 is 0 Å². The quantitative estimate of drug-likeness (QED) is 0.586. The van der Waals surface area contributed by atoms with E-state index in [4.69, 9.17) is 9.15 Å². The van der Waals surface area contributed by atoms with Gasteiger partial charge >= 0.3 is 0 Å². The van der Waals surface area contributed by atoms with E-state index in [0.29, 0.717) is 11.4 Å². The van der Waals surface area contributed by atoms with Gasteiger partial charge in [0.05, 0.1) is 30.0 Å². The molecular formula is C17H13N3O2. The van der Waals surface area contributed by atoms with E-state index in [0.717, 1.165) is 22.5 Å². The molecular weight excluding hydrogens is 278 g/mol. The van der Waals surface area contributed by atoms with Crippen molar-refractivity contribution < 1.29 is 9.15 Å². The monoisotopic (exact) mass is 291 g/mol. The van der Waals surface area contributed by atoms with Crippen LogP contribution in [0.5, 0.6) is 5.75 Å². The van der Waals surface area contributed by atoms with Crippen molar-refractivity contribution in [1.82, 2.24) is 9.97 Å². The van der Waals surface area contributed by atoms with Crippen molar-refractivity contribution in [3.63, 3.8) is 0 Å². The number of nitriles is 1. The van der Waals surface area contributed by atoms with Gasteiger partial charge in [-0.25, -0.2) is 4.98 Å². The van der Waals surface area contributed by atoms with Crippen molar-refractivity contribution >= 4 is 22.7 Å². The number of aromatic nitrogens is 2. The number of rotatable bonds is 4. The summed E-state index contributed by atoms with van der Waals surface area (Å²) in [6.07, 6.45) is 6.83. The van der Waals surface area contributed by atoms with Gasteiger partial charge in [0.1, 0.15) is 23.4 Å². The maximum Gasteiger partial charge on any atom is 0.149 e. The lowest BCUT2D eigenvalue weighted by Crippen LogP contribution is -1.83. The molecule has 22 heavy (non-hydrogen) atoms. The highest BCUT2D eigenvalue weighted by atomic mass is 16.5. The summed E-state index contributed by atoms with van der Waals surface area (Å²) in [5.74, 6) is 1.99. The first-order chi connectivity index (χ1) is 10.8. The molecule has 0 atom stereocenters. The lowest BCUT2D eigenvalue weighted by atomic mass is 10.2. The first kappa shape index (κ1) is 13.7. The molecule has 0 fully saturated rings. The molecule has 1 N–H and O–H groups in total. The zero-order valence-electron chi connectivity index (χ0n) is 11.9. The van der Waals surface area contributed by atoms with Crippen LogP contribution in [0, 0.1) is 11.3 Å². The second-order valence-electron chi connectivity index (χ2n) is 4.54. The first-order valence-corrected chi connectivity index (χ1v) is 6.66. The Morgan fingerprint density at radius 1 is 1.41 bits per heavy atom. The number of benzene rings is 1. The standard InChI is InChI=1S/C17H13N3O2/c1-21-14-7-8-15-16(10-14)20-17(19-15)12(11-18)4-2-5-13-6-3-9-22-13/h2-10H,1H3,(H,19,20)/b5-2+,12-4-. The number of H-pyrrole nitrogens is 1. The molecule has 3 aromatic rings. The van der Waals surface area contributed by atoms with Gasteiger partial charge in [0.2, 0.25) is 0 Å². The highest BCUT2D eigenvalue weighted by Crippen LogP contribution is 2.21. The zero-order chi connectivity index (χ0) is 15.4. The number of hydrogen-bond donors (Lipinski definition) is 1. The van der Waals surface area contributed by atoms with E-state index in [-0.39, 0.29) is 0 Å². The molecule has 2 aromatic heterocycles. The molecule has 0 aliphatic rings. The van der Waals surface area contributed by atoms with Crippen LogP contribution in [0.1, 0.15) is 11.6 Å². The van der Waals surface area contributed by atoms with E-state index in [1.165, 1.54) is 0 Å². The highest BCUT2D eigenvalue weighted by Gasteiger charge is 2.07. The number of methoxy groups -OCH3 is 1. The Morgan fingerprint density at radius 2 is 2.32 bits per heavy atom. The van der Waals surface area contributed by atoms with E-state index in [9.17, 15) is 5.26 Å². The van der Waals surface area contributed by atoms with Gasteiger partial charge in [-0.15, -0.1) is 0 Å². The number of nitrogens with zero attached hydrogens (tertiary/aromatic N) is 2. The van der Waals surface area contributed by atoms with E-state index in [1.54, 1.807) is 37.7 Å². The van der Waals surface area contributed by atoms with Crippen LogP contribution in [0.25, 0.3) is 22.7 Å². The van der Waals surface area contributed by atoms with Crippen LogP contribution in [0.4, 0.5) is 0 Å². The molecule has 0 amide bonds. The molecule has 0 saturated carbocycles. The van der Waals surface area contributed by atoms with Gasteiger partial charge in [0.15, 0.2) is 0 Å². The maximum atomic E-state index is 9.30. The number of fused-ring (bicyclic) bond motifs is 1. The van der Waals surface area contributed by atoms with E-state index >= 15 is 0 Å². The molecule has 5 heteroatoms. The van der Waals surface area contributed by atoms with Crippen molar-refractivity contribution in [3.05, 3.63) is 60.3 Å². The summed E-state index contributed by atoms with van der Waals surface area (Å²) in [5, 5.41) is 9.30. The van der Waals surface area contributed by atoms with Gasteiger partial charge in [-0.1, -0.05) is 6.08 Å². The van der Waals surface area contributed by atoms with Crippen molar-refractivity contribution in [2.45, 2.75) is 0 Å². The number of furan rings is 1. The summed E-state index contributed by atoms with van der Waals surface area (Å²) in [6.45, 7) is 0. The SMILES string of the molecule is COc1ccc2nc(/C(C#N)=C\C=C\c3ccco3)[nH]c2c1. The third-order valence-corrected chi connectivity index (χ3v) is 3.13. The Bertz CT molecular complexity index is 880. The topological polar surface area (TPSA) is 74.8 Å². The maximum absolute atomic E-state index is 9.30. The summed E-state index contributed by atoms with van der Waals surface area (Å²) < 4.78 is 10.4. The molecule has 0 aliphatic heterocycles. The predicted molar refractivity (Wildman–Crippen MR) is 84.0 cm³/mol. The Hall–Kier alpha value is -3.26. The molecule has 3 rings (SSSR count). The largest absolute Gasteiger partial charge is 0.497 e. The fourth-order valence-electron chi connectivity index (χ4n) is 2.04. The van der Waals surface area contributed by atoms with Gasteiger partial charge in [0.25, 0.3) is 0 Å². The summed E-state index contributed by atoms with van der Waals surface area (Å²) >= 11 is 0. The minimum atomic E-state index is 0.443. The molecule has 1 aromatic carbocycles. The number of aromatic amines is 1. The Morgan fingerprint density at radius 3 is 3.05 bits per heavy atom. The Kier molecular flexibility index (Phi) is 3.75. The Balaban J connectivity index is 1.91. The fraction of sp³-hybridized carbons (Fsp3) is 0.0588. The van der Waals surface area contributed by atoms with Crippen LogP contribution in [-0.4, -0.2) is 17.1 Å². The van der Waals surface area contributed by atoms with Crippen LogP contribution < -0.4 is 4.74 Å². The van der Waals surface area contributed by atoms with Gasteiger partial charge < -0.3 is 14.1 Å². The van der Waals surface area contributed by atoms with Crippen LogP contribution in [0.3, 0.4) is 0 Å². The molecule has 5 nitrogen and oxygen atoms in total. The summed E-state index contributed by atoms with van der Waals surface area (Å²) in [4.78, 5) is 7.54. The normalized spacial score (nSPS) is 11.9. The second kappa shape index (κ2) is 6.02. The average molecular weight is 291 g/mol. The molecule has 0 aliphatic carbocycles. The molecule has 0 unspecified atom stereocenters. The lowest BCUT2D eigenvalue weighted by Gasteiger charge is -1.96. The van der Waals surface area contributed by atoms with Gasteiger partial charge in [0, 0.05) is 6.07 Å². The van der Waals surface area contributed by atoms with Gasteiger partial charge in [-0.3, -0.25) is 0 Å². The fourth-order valence-corrected chi connectivity index (χ4v) is 2.04. The minimum Gasteiger partial charge on any atom is -0.497 e. The molecule has 0 bridgehead atoms. The van der Waals surface area contributed by atoms with E-state index in [2.05, 4.69) is 16.0 Å². The number of ether oxygens (including phenoxy) is 1.